The van der Waals surface area contributed by atoms with E-state index in [1.807, 2.05) is 6.20 Å². The Morgan fingerprint density at radius 3 is 2.64 bits per heavy atom. The molecule has 0 unspecified atom stereocenters. The van der Waals surface area contributed by atoms with Crippen LogP contribution in [-0.2, 0) is 4.79 Å². The molecule has 4 nitrogen and oxygen atoms in total. The smallest absolute Gasteiger partial charge is 0.220 e. The van der Waals surface area contributed by atoms with Crippen LogP contribution in [-0.4, -0.2) is 24.0 Å². The van der Waals surface area contributed by atoms with Gasteiger partial charge in [-0.2, -0.15) is 0 Å². The Morgan fingerprint density at radius 2 is 2.00 bits per heavy atom. The van der Waals surface area contributed by atoms with Crippen LogP contribution < -0.4 is 10.6 Å². The highest BCUT2D eigenvalue weighted by Gasteiger charge is 2.24. The second kappa shape index (κ2) is 5.95. The SMILES string of the molecule is CC(C)c1ccc2ccnc(N3CCC(C(N)=O)CC3)c2c1. The topological polar surface area (TPSA) is 59.2 Å². The molecule has 0 radical (unpaired) electrons. The number of primary amides is 1. The Bertz CT molecular complexity index is 688. The minimum atomic E-state index is -0.173. The van der Waals surface area contributed by atoms with Crippen molar-refractivity contribution in [1.82, 2.24) is 4.98 Å². The fourth-order valence-electron chi connectivity index (χ4n) is 3.16. The van der Waals surface area contributed by atoms with E-state index < -0.39 is 0 Å². The number of piperidine rings is 1. The quantitative estimate of drug-likeness (QED) is 0.947. The maximum Gasteiger partial charge on any atom is 0.220 e. The summed E-state index contributed by atoms with van der Waals surface area (Å²) in [6.45, 7) is 6.09. The van der Waals surface area contributed by atoms with E-state index in [0.29, 0.717) is 5.92 Å². The highest BCUT2D eigenvalue weighted by Crippen LogP contribution is 2.30. The van der Waals surface area contributed by atoms with Crippen LogP contribution in [0.2, 0.25) is 0 Å². The fraction of sp³-hybridized carbons (Fsp3) is 0.444. The van der Waals surface area contributed by atoms with Gasteiger partial charge in [0.25, 0.3) is 0 Å². The number of nitrogens with two attached hydrogens (primary N) is 1. The number of carbonyl (C=O) groups is 1. The lowest BCUT2D eigenvalue weighted by Gasteiger charge is -2.32. The summed E-state index contributed by atoms with van der Waals surface area (Å²) in [5, 5.41) is 2.41. The first-order valence-electron chi connectivity index (χ1n) is 7.99. The van der Waals surface area contributed by atoms with E-state index in [0.717, 1.165) is 31.7 Å². The number of rotatable bonds is 3. The van der Waals surface area contributed by atoms with Crippen molar-refractivity contribution in [2.75, 3.05) is 18.0 Å². The predicted octanol–water partition coefficient (Wildman–Crippen LogP) is 3.06. The van der Waals surface area contributed by atoms with Crippen molar-refractivity contribution in [3.8, 4) is 0 Å². The summed E-state index contributed by atoms with van der Waals surface area (Å²) in [7, 11) is 0. The molecule has 1 amide bonds. The molecular formula is C18H23N3O. The first-order valence-corrected chi connectivity index (χ1v) is 7.99. The molecule has 3 rings (SSSR count). The Labute approximate surface area is 131 Å². The molecule has 1 aromatic carbocycles. The number of carbonyl (C=O) groups excluding carboxylic acids is 1. The Morgan fingerprint density at radius 1 is 1.27 bits per heavy atom. The van der Waals surface area contributed by atoms with Crippen molar-refractivity contribution in [2.24, 2.45) is 11.7 Å². The normalized spacial score (nSPS) is 16.4. The Hall–Kier alpha value is -2.10. The number of anilines is 1. The molecule has 1 saturated heterocycles. The molecule has 1 aliphatic rings. The number of fused-ring (bicyclic) bond motifs is 1. The lowest BCUT2D eigenvalue weighted by atomic mass is 9.95. The average Bonchev–Trinajstić information content (AvgIpc) is 2.53. The molecule has 22 heavy (non-hydrogen) atoms. The number of nitrogens with zero attached hydrogens (tertiary/aromatic N) is 2. The van der Waals surface area contributed by atoms with Crippen molar-refractivity contribution in [3.05, 3.63) is 36.0 Å². The number of pyridine rings is 1. The second-order valence-electron chi connectivity index (χ2n) is 6.43. The van der Waals surface area contributed by atoms with Gasteiger partial charge in [-0.05, 0) is 41.8 Å². The van der Waals surface area contributed by atoms with Crippen molar-refractivity contribution in [1.29, 1.82) is 0 Å². The minimum Gasteiger partial charge on any atom is -0.369 e. The van der Waals surface area contributed by atoms with Crippen LogP contribution >= 0.6 is 0 Å². The summed E-state index contributed by atoms with van der Waals surface area (Å²) < 4.78 is 0. The van der Waals surface area contributed by atoms with Gasteiger partial charge in [0.05, 0.1) is 0 Å². The van der Waals surface area contributed by atoms with Crippen molar-refractivity contribution in [2.45, 2.75) is 32.6 Å². The van der Waals surface area contributed by atoms with E-state index in [9.17, 15) is 4.79 Å². The maximum absolute atomic E-state index is 11.3. The standard InChI is InChI=1S/C18H23N3O/c1-12(2)15-4-3-13-5-8-20-18(16(13)11-15)21-9-6-14(7-10-21)17(19)22/h3-5,8,11-12,14H,6-7,9-10H2,1-2H3,(H2,19,22). The van der Waals surface area contributed by atoms with E-state index >= 15 is 0 Å². The van der Waals surface area contributed by atoms with Gasteiger partial charge in [-0.3, -0.25) is 4.79 Å². The van der Waals surface area contributed by atoms with E-state index in [1.54, 1.807) is 0 Å². The van der Waals surface area contributed by atoms with E-state index in [2.05, 4.69) is 48.0 Å². The van der Waals surface area contributed by atoms with Crippen LogP contribution in [0.15, 0.2) is 30.5 Å². The molecule has 0 bridgehead atoms. The summed E-state index contributed by atoms with van der Waals surface area (Å²) in [6.07, 6.45) is 3.50. The van der Waals surface area contributed by atoms with Crippen LogP contribution in [0, 0.1) is 5.92 Å². The molecule has 2 aromatic rings. The zero-order valence-electron chi connectivity index (χ0n) is 13.2. The molecule has 4 heteroatoms. The summed E-state index contributed by atoms with van der Waals surface area (Å²) >= 11 is 0. The van der Waals surface area contributed by atoms with E-state index in [4.69, 9.17) is 5.73 Å². The average molecular weight is 297 g/mol. The van der Waals surface area contributed by atoms with Gasteiger partial charge < -0.3 is 10.6 Å². The Kier molecular flexibility index (Phi) is 4.01. The minimum absolute atomic E-state index is 0.0115. The monoisotopic (exact) mass is 297 g/mol. The first kappa shape index (κ1) is 14.8. The van der Waals surface area contributed by atoms with Gasteiger partial charge in [0.2, 0.25) is 5.91 Å². The van der Waals surface area contributed by atoms with Crippen LogP contribution in [0.25, 0.3) is 10.8 Å². The molecule has 1 aliphatic heterocycles. The lowest BCUT2D eigenvalue weighted by molar-refractivity contribution is -0.122. The molecule has 116 valence electrons. The Balaban J connectivity index is 1.93. The van der Waals surface area contributed by atoms with Crippen LogP contribution in [0.1, 0.15) is 38.2 Å². The highest BCUT2D eigenvalue weighted by molar-refractivity contribution is 5.92. The van der Waals surface area contributed by atoms with Gasteiger partial charge in [-0.25, -0.2) is 4.98 Å². The van der Waals surface area contributed by atoms with Crippen molar-refractivity contribution < 1.29 is 4.79 Å². The maximum atomic E-state index is 11.3. The molecule has 2 N–H and O–H groups in total. The number of benzene rings is 1. The summed E-state index contributed by atoms with van der Waals surface area (Å²) in [5.74, 6) is 1.37. The van der Waals surface area contributed by atoms with Crippen molar-refractivity contribution in [3.63, 3.8) is 0 Å². The largest absolute Gasteiger partial charge is 0.369 e. The molecule has 0 saturated carbocycles. The summed E-state index contributed by atoms with van der Waals surface area (Å²) in [6, 6.07) is 8.67. The van der Waals surface area contributed by atoms with E-state index in [1.165, 1.54) is 16.3 Å². The summed E-state index contributed by atoms with van der Waals surface area (Å²) in [4.78, 5) is 18.2. The molecular weight excluding hydrogens is 274 g/mol. The van der Waals surface area contributed by atoms with Gasteiger partial charge in [0.1, 0.15) is 5.82 Å². The highest BCUT2D eigenvalue weighted by atomic mass is 16.1. The van der Waals surface area contributed by atoms with E-state index in [-0.39, 0.29) is 11.8 Å². The van der Waals surface area contributed by atoms with Gasteiger partial charge in [0, 0.05) is 30.6 Å². The lowest BCUT2D eigenvalue weighted by Crippen LogP contribution is -2.39. The zero-order valence-corrected chi connectivity index (χ0v) is 13.2. The molecule has 1 fully saturated rings. The molecule has 0 atom stereocenters. The molecule has 1 aromatic heterocycles. The molecule has 0 aliphatic carbocycles. The molecule has 2 heterocycles. The van der Waals surface area contributed by atoms with Gasteiger partial charge in [-0.1, -0.05) is 26.0 Å². The zero-order chi connectivity index (χ0) is 15.7. The van der Waals surface area contributed by atoms with Crippen LogP contribution in [0.5, 0.6) is 0 Å². The van der Waals surface area contributed by atoms with Crippen molar-refractivity contribution >= 4 is 22.5 Å². The first-order chi connectivity index (χ1) is 10.6. The number of hydrogen-bond acceptors (Lipinski definition) is 3. The number of hydrogen-bond donors (Lipinski definition) is 1. The van der Waals surface area contributed by atoms with Gasteiger partial charge in [0.15, 0.2) is 0 Å². The van der Waals surface area contributed by atoms with Gasteiger partial charge >= 0.3 is 0 Å². The third kappa shape index (κ3) is 2.78. The number of aromatic nitrogens is 1. The predicted molar refractivity (Wildman–Crippen MR) is 90.0 cm³/mol. The fourth-order valence-corrected chi connectivity index (χ4v) is 3.16. The van der Waals surface area contributed by atoms with Crippen LogP contribution in [0.4, 0.5) is 5.82 Å². The summed E-state index contributed by atoms with van der Waals surface area (Å²) in [5.41, 5.74) is 6.75. The van der Waals surface area contributed by atoms with Crippen LogP contribution in [0.3, 0.4) is 0 Å². The number of amides is 1. The molecule has 0 spiro atoms. The van der Waals surface area contributed by atoms with Gasteiger partial charge in [-0.15, -0.1) is 0 Å². The third-order valence-corrected chi connectivity index (χ3v) is 4.63. The third-order valence-electron chi connectivity index (χ3n) is 4.63. The second-order valence-corrected chi connectivity index (χ2v) is 6.43.